The molecule has 1 aliphatic rings. The predicted molar refractivity (Wildman–Crippen MR) is 118 cm³/mol. The first-order valence-electron chi connectivity index (χ1n) is 11.5. The Hall–Kier alpha value is -1.76. The van der Waals surface area contributed by atoms with Crippen molar-refractivity contribution >= 4 is 11.7 Å². The number of amides is 1. The van der Waals surface area contributed by atoms with Gasteiger partial charge in [0.15, 0.2) is 0 Å². The number of likely N-dealkylation sites (tertiary alicyclic amines) is 1. The van der Waals surface area contributed by atoms with E-state index in [1.54, 1.807) is 24.3 Å². The number of aliphatic hydroxyl groups is 1. The lowest BCUT2D eigenvalue weighted by molar-refractivity contribution is -0.967. The second-order valence-electron chi connectivity index (χ2n) is 8.58. The molecule has 2 N–H and O–H groups in total. The van der Waals surface area contributed by atoms with Crippen molar-refractivity contribution in [3.63, 3.8) is 0 Å². The SMILES string of the molecule is CCCCC(CC)COCC(O)C[N+]1(NC(=O)C(=O)c2ccccc2)CCCCC1. The molecule has 0 saturated carbocycles. The zero-order chi connectivity index (χ0) is 21.8. The fourth-order valence-electron chi connectivity index (χ4n) is 4.17. The number of aliphatic hydroxyl groups excluding tert-OH is 1. The lowest BCUT2D eigenvalue weighted by atomic mass is 10.0. The Bertz CT molecular complexity index is 644. The largest absolute Gasteiger partial charge is 0.385 e. The van der Waals surface area contributed by atoms with Gasteiger partial charge >= 0.3 is 5.91 Å². The summed E-state index contributed by atoms with van der Waals surface area (Å²) in [5.41, 5.74) is 3.31. The highest BCUT2D eigenvalue weighted by Crippen LogP contribution is 2.18. The minimum atomic E-state index is -0.682. The smallest absolute Gasteiger partial charge is 0.336 e. The summed E-state index contributed by atoms with van der Waals surface area (Å²) in [6, 6.07) is 8.60. The van der Waals surface area contributed by atoms with E-state index in [9.17, 15) is 14.7 Å². The van der Waals surface area contributed by atoms with Crippen LogP contribution in [0.2, 0.25) is 0 Å². The van der Waals surface area contributed by atoms with E-state index in [4.69, 9.17) is 4.74 Å². The van der Waals surface area contributed by atoms with E-state index < -0.39 is 17.8 Å². The molecule has 6 nitrogen and oxygen atoms in total. The van der Waals surface area contributed by atoms with Crippen LogP contribution in [0.4, 0.5) is 0 Å². The van der Waals surface area contributed by atoms with E-state index >= 15 is 0 Å². The standard InChI is InChI=1S/C24H38N2O4/c1-3-5-12-20(4-2)18-30-19-22(27)17-26(15-10-7-11-16-26)25-24(29)23(28)21-13-8-6-9-14-21/h6,8-9,13-14,20,22,27H,3-5,7,10-12,15-19H2,1-2H3/p+1. The summed E-state index contributed by atoms with van der Waals surface area (Å²) < 4.78 is 6.06. The highest BCUT2D eigenvalue weighted by atomic mass is 16.5. The molecular formula is C24H39N2O4+. The molecule has 1 aromatic carbocycles. The number of quaternary nitrogens is 1. The van der Waals surface area contributed by atoms with Gasteiger partial charge in [-0.25, -0.2) is 4.59 Å². The van der Waals surface area contributed by atoms with Crippen molar-refractivity contribution in [1.82, 2.24) is 5.43 Å². The first-order valence-corrected chi connectivity index (χ1v) is 11.5. The van der Waals surface area contributed by atoms with Crippen LogP contribution in [0.5, 0.6) is 0 Å². The van der Waals surface area contributed by atoms with Gasteiger partial charge < -0.3 is 9.84 Å². The summed E-state index contributed by atoms with van der Waals surface area (Å²) in [5, 5.41) is 10.6. The molecular weight excluding hydrogens is 380 g/mol. The van der Waals surface area contributed by atoms with Gasteiger partial charge in [0, 0.05) is 12.2 Å². The van der Waals surface area contributed by atoms with Crippen LogP contribution in [-0.2, 0) is 9.53 Å². The van der Waals surface area contributed by atoms with E-state index in [0.717, 1.165) is 45.2 Å². The molecule has 0 aromatic heterocycles. The number of rotatable bonds is 13. The number of nitrogens with one attached hydrogen (secondary N) is 1. The maximum absolute atomic E-state index is 12.7. The second-order valence-corrected chi connectivity index (χ2v) is 8.58. The summed E-state index contributed by atoms with van der Waals surface area (Å²) in [7, 11) is 0. The third-order valence-corrected chi connectivity index (χ3v) is 6.02. The molecule has 1 aliphatic heterocycles. The van der Waals surface area contributed by atoms with Crippen molar-refractivity contribution in [2.24, 2.45) is 5.92 Å². The summed E-state index contributed by atoms with van der Waals surface area (Å²) in [6.45, 7) is 7.08. The van der Waals surface area contributed by atoms with Crippen LogP contribution in [0.15, 0.2) is 30.3 Å². The fraction of sp³-hybridized carbons (Fsp3) is 0.667. The molecule has 2 unspecified atom stereocenters. The molecule has 1 fully saturated rings. The molecule has 1 aromatic rings. The maximum atomic E-state index is 12.7. The molecule has 2 atom stereocenters. The maximum Gasteiger partial charge on any atom is 0.336 e. The van der Waals surface area contributed by atoms with Crippen molar-refractivity contribution in [2.75, 3.05) is 32.8 Å². The van der Waals surface area contributed by atoms with Crippen molar-refractivity contribution in [3.8, 4) is 0 Å². The van der Waals surface area contributed by atoms with Gasteiger partial charge in [-0.1, -0.05) is 63.4 Å². The van der Waals surface area contributed by atoms with Crippen LogP contribution in [0, 0.1) is 5.92 Å². The van der Waals surface area contributed by atoms with E-state index in [1.807, 2.05) is 6.07 Å². The van der Waals surface area contributed by atoms with Crippen molar-refractivity contribution in [1.29, 1.82) is 0 Å². The molecule has 0 spiro atoms. The lowest BCUT2D eigenvalue weighted by Gasteiger charge is -2.41. The van der Waals surface area contributed by atoms with Crippen molar-refractivity contribution in [3.05, 3.63) is 35.9 Å². The number of hydrogen-bond acceptors (Lipinski definition) is 4. The molecule has 0 aliphatic carbocycles. The molecule has 1 saturated heterocycles. The second kappa shape index (κ2) is 12.8. The molecule has 2 rings (SSSR count). The zero-order valence-electron chi connectivity index (χ0n) is 18.6. The fourth-order valence-corrected chi connectivity index (χ4v) is 4.17. The van der Waals surface area contributed by atoms with Crippen molar-refractivity contribution < 1.29 is 24.0 Å². The van der Waals surface area contributed by atoms with E-state index in [0.29, 0.717) is 24.6 Å². The first-order chi connectivity index (χ1) is 14.5. The zero-order valence-corrected chi connectivity index (χ0v) is 18.6. The van der Waals surface area contributed by atoms with Crippen LogP contribution in [0.25, 0.3) is 0 Å². The van der Waals surface area contributed by atoms with E-state index in [-0.39, 0.29) is 11.2 Å². The van der Waals surface area contributed by atoms with E-state index in [2.05, 4.69) is 19.3 Å². The van der Waals surface area contributed by atoms with Crippen LogP contribution in [0.3, 0.4) is 0 Å². The Balaban J connectivity index is 1.90. The van der Waals surface area contributed by atoms with Gasteiger partial charge in [-0.2, -0.15) is 5.43 Å². The normalized spacial score (nSPS) is 17.8. The number of piperidine rings is 1. The van der Waals surface area contributed by atoms with E-state index in [1.165, 1.54) is 12.8 Å². The number of carbonyl (C=O) groups is 2. The van der Waals surface area contributed by atoms with Crippen LogP contribution in [-0.4, -0.2) is 60.3 Å². The van der Waals surface area contributed by atoms with Gasteiger partial charge in [-0.3, -0.25) is 9.59 Å². The summed E-state index contributed by atoms with van der Waals surface area (Å²) in [4.78, 5) is 25.2. The highest BCUT2D eigenvalue weighted by molar-refractivity contribution is 6.42. The predicted octanol–water partition coefficient (Wildman–Crippen LogP) is 3.50. The minimum Gasteiger partial charge on any atom is -0.385 e. The lowest BCUT2D eigenvalue weighted by Crippen LogP contribution is -2.66. The molecule has 0 bridgehead atoms. The minimum absolute atomic E-state index is 0.245. The van der Waals surface area contributed by atoms with Gasteiger partial charge in [-0.05, 0) is 31.6 Å². The third kappa shape index (κ3) is 7.82. The number of hydrogen-bond donors (Lipinski definition) is 2. The summed E-state index contributed by atoms with van der Waals surface area (Å²) in [5.74, 6) is -0.619. The Labute approximate surface area is 181 Å². The first kappa shape index (κ1) is 24.5. The molecule has 6 heteroatoms. The Morgan fingerprint density at radius 3 is 2.43 bits per heavy atom. The summed E-state index contributed by atoms with van der Waals surface area (Å²) in [6.07, 6.45) is 6.95. The number of benzene rings is 1. The van der Waals surface area contributed by atoms with Crippen LogP contribution in [0.1, 0.15) is 69.2 Å². The monoisotopic (exact) mass is 419 g/mol. The van der Waals surface area contributed by atoms with Gasteiger partial charge in [0.05, 0.1) is 6.61 Å². The molecule has 1 heterocycles. The third-order valence-electron chi connectivity index (χ3n) is 6.02. The van der Waals surface area contributed by atoms with Gasteiger partial charge in [0.25, 0.3) is 5.78 Å². The number of carbonyl (C=O) groups excluding carboxylic acids is 2. The van der Waals surface area contributed by atoms with Gasteiger partial charge in [0.2, 0.25) is 0 Å². The molecule has 0 radical (unpaired) electrons. The van der Waals surface area contributed by atoms with Crippen LogP contribution >= 0.6 is 0 Å². The quantitative estimate of drug-likeness (QED) is 0.292. The van der Waals surface area contributed by atoms with Crippen molar-refractivity contribution in [2.45, 2.75) is 64.9 Å². The number of ketones is 1. The molecule has 30 heavy (non-hydrogen) atoms. The Morgan fingerprint density at radius 2 is 1.80 bits per heavy atom. The average molecular weight is 420 g/mol. The average Bonchev–Trinajstić information content (AvgIpc) is 2.76. The number of ether oxygens (including phenoxy) is 1. The molecule has 168 valence electrons. The van der Waals surface area contributed by atoms with Crippen LogP contribution < -0.4 is 5.43 Å². The van der Waals surface area contributed by atoms with Gasteiger partial charge in [0.1, 0.15) is 25.7 Å². The topological polar surface area (TPSA) is 75.6 Å². The van der Waals surface area contributed by atoms with Gasteiger partial charge in [-0.15, -0.1) is 0 Å². The number of Topliss-reactive ketones (excluding diaryl/α,β-unsaturated/α-hetero) is 1. The Kier molecular flexibility index (Phi) is 10.5. The summed E-state index contributed by atoms with van der Waals surface area (Å²) >= 11 is 0. The highest BCUT2D eigenvalue weighted by Gasteiger charge is 2.36. The Morgan fingerprint density at radius 1 is 1.10 bits per heavy atom. The molecule has 1 amide bonds. The number of unbranched alkanes of at least 4 members (excludes halogenated alkanes) is 1. The number of nitrogens with zero attached hydrogens (tertiary/aromatic N) is 1.